The average Bonchev–Trinajstić information content (AvgIpc) is 3.46. The molecule has 3 N–H and O–H groups in total. The van der Waals surface area contributed by atoms with E-state index in [1.54, 1.807) is 6.20 Å². The molecule has 122 valence electrons. The lowest BCUT2D eigenvalue weighted by Crippen LogP contribution is -2.39. The summed E-state index contributed by atoms with van der Waals surface area (Å²) in [5.41, 5.74) is 0. The minimum Gasteiger partial charge on any atom is -0.456 e. The van der Waals surface area contributed by atoms with Crippen LogP contribution in [-0.2, 0) is 4.79 Å². The molecule has 0 bridgehead atoms. The summed E-state index contributed by atoms with van der Waals surface area (Å²) in [5.74, 6) is 7.86. The summed E-state index contributed by atoms with van der Waals surface area (Å²) in [7, 11) is 0. The van der Waals surface area contributed by atoms with Crippen LogP contribution in [0.25, 0.3) is 10.8 Å². The first-order valence-electron chi connectivity index (χ1n) is 7.97. The van der Waals surface area contributed by atoms with Gasteiger partial charge in [-0.1, -0.05) is 12.1 Å². The SMILES string of the molecule is NN(C(=O)C1CC1)c1cc2ccc(OC3=CNCC=C3)cc2cn1. The summed E-state index contributed by atoms with van der Waals surface area (Å²) in [6, 6.07) is 7.56. The molecule has 0 saturated heterocycles. The second kappa shape index (κ2) is 5.98. The zero-order valence-corrected chi connectivity index (χ0v) is 13.1. The molecule has 1 aromatic heterocycles. The molecular weight excluding hydrogens is 304 g/mol. The van der Waals surface area contributed by atoms with Gasteiger partial charge in [0.25, 0.3) is 0 Å². The molecule has 1 aliphatic carbocycles. The van der Waals surface area contributed by atoms with Crippen LogP contribution in [-0.4, -0.2) is 17.4 Å². The van der Waals surface area contributed by atoms with E-state index >= 15 is 0 Å². The van der Waals surface area contributed by atoms with Crippen molar-refractivity contribution >= 4 is 22.5 Å². The van der Waals surface area contributed by atoms with Gasteiger partial charge in [0, 0.05) is 30.2 Å². The zero-order chi connectivity index (χ0) is 16.5. The van der Waals surface area contributed by atoms with Crippen LogP contribution in [0.4, 0.5) is 5.82 Å². The number of dihydropyridines is 1. The van der Waals surface area contributed by atoms with E-state index in [0.29, 0.717) is 5.82 Å². The minimum absolute atomic E-state index is 0.0636. The molecule has 1 fully saturated rings. The normalized spacial score (nSPS) is 16.5. The number of hydrogen-bond donors (Lipinski definition) is 2. The Balaban J connectivity index is 1.57. The Labute approximate surface area is 139 Å². The van der Waals surface area contributed by atoms with Crippen molar-refractivity contribution in [1.82, 2.24) is 10.3 Å². The van der Waals surface area contributed by atoms with Crippen LogP contribution in [0.2, 0.25) is 0 Å². The molecule has 1 amide bonds. The summed E-state index contributed by atoms with van der Waals surface area (Å²) < 4.78 is 5.81. The molecule has 2 aliphatic rings. The summed E-state index contributed by atoms with van der Waals surface area (Å²) in [6.45, 7) is 0.812. The third-order valence-corrected chi connectivity index (χ3v) is 4.09. The predicted molar refractivity (Wildman–Crippen MR) is 92.0 cm³/mol. The van der Waals surface area contributed by atoms with Gasteiger partial charge in [0.05, 0.1) is 0 Å². The van der Waals surface area contributed by atoms with Gasteiger partial charge < -0.3 is 10.1 Å². The van der Waals surface area contributed by atoms with Gasteiger partial charge in [0.2, 0.25) is 5.91 Å². The minimum atomic E-state index is -0.0645. The second-order valence-electron chi connectivity index (χ2n) is 5.99. The number of hydrogen-bond acceptors (Lipinski definition) is 5. The fraction of sp³-hybridized carbons (Fsp3) is 0.222. The number of aromatic nitrogens is 1. The second-order valence-corrected chi connectivity index (χ2v) is 5.99. The highest BCUT2D eigenvalue weighted by Gasteiger charge is 2.33. The number of ether oxygens (including phenoxy) is 1. The Morgan fingerprint density at radius 2 is 2.17 bits per heavy atom. The lowest BCUT2D eigenvalue weighted by molar-refractivity contribution is -0.119. The largest absolute Gasteiger partial charge is 0.456 e. The van der Waals surface area contributed by atoms with Gasteiger partial charge in [-0.25, -0.2) is 15.8 Å². The van der Waals surface area contributed by atoms with Crippen LogP contribution < -0.4 is 20.9 Å². The maximum atomic E-state index is 12.0. The van der Waals surface area contributed by atoms with E-state index in [0.717, 1.165) is 46.7 Å². The van der Waals surface area contributed by atoms with Crippen LogP contribution in [0.5, 0.6) is 5.75 Å². The molecule has 0 radical (unpaired) electrons. The van der Waals surface area contributed by atoms with Crippen molar-refractivity contribution in [3.05, 3.63) is 54.6 Å². The molecule has 2 heterocycles. The van der Waals surface area contributed by atoms with Crippen LogP contribution in [0, 0.1) is 5.92 Å². The van der Waals surface area contributed by atoms with Gasteiger partial charge in [-0.2, -0.15) is 0 Å². The van der Waals surface area contributed by atoms with Crippen LogP contribution in [0.3, 0.4) is 0 Å². The molecule has 4 rings (SSSR count). The first kappa shape index (κ1) is 14.7. The van der Waals surface area contributed by atoms with Crippen molar-refractivity contribution < 1.29 is 9.53 Å². The Hall–Kier alpha value is -2.86. The van der Waals surface area contributed by atoms with Crippen molar-refractivity contribution in [2.24, 2.45) is 11.8 Å². The molecule has 1 saturated carbocycles. The van der Waals surface area contributed by atoms with Gasteiger partial charge in [-0.3, -0.25) is 4.79 Å². The quantitative estimate of drug-likeness (QED) is 0.512. The Morgan fingerprint density at radius 1 is 1.29 bits per heavy atom. The number of amides is 1. The van der Waals surface area contributed by atoms with Gasteiger partial charge in [-0.15, -0.1) is 0 Å². The number of allylic oxidation sites excluding steroid dienone is 1. The molecule has 1 aromatic carbocycles. The van der Waals surface area contributed by atoms with Gasteiger partial charge in [0.1, 0.15) is 17.3 Å². The Morgan fingerprint density at radius 3 is 2.92 bits per heavy atom. The van der Waals surface area contributed by atoms with Crippen LogP contribution in [0.15, 0.2) is 54.6 Å². The number of carbonyl (C=O) groups is 1. The van der Waals surface area contributed by atoms with Crippen molar-refractivity contribution in [2.45, 2.75) is 12.8 Å². The lowest BCUT2D eigenvalue weighted by atomic mass is 10.1. The maximum absolute atomic E-state index is 12.0. The summed E-state index contributed by atoms with van der Waals surface area (Å²) >= 11 is 0. The number of anilines is 1. The third-order valence-electron chi connectivity index (χ3n) is 4.09. The highest BCUT2D eigenvalue weighted by molar-refractivity contribution is 5.96. The molecule has 6 heteroatoms. The molecular formula is C18H18N4O2. The Kier molecular flexibility index (Phi) is 3.66. The van der Waals surface area contributed by atoms with E-state index in [-0.39, 0.29) is 11.8 Å². The van der Waals surface area contributed by atoms with E-state index < -0.39 is 0 Å². The number of benzene rings is 1. The Bertz CT molecular complexity index is 855. The number of nitrogens with two attached hydrogens (primary N) is 1. The van der Waals surface area contributed by atoms with E-state index in [9.17, 15) is 4.79 Å². The standard InChI is InChI=1S/C18H18N4O2/c19-22(18(23)12-3-4-12)17-9-13-5-6-15(8-14(13)10-21-17)24-16-2-1-7-20-11-16/h1-2,5-6,8-12,20H,3-4,7,19H2. The maximum Gasteiger partial charge on any atom is 0.245 e. The molecule has 6 nitrogen and oxygen atoms in total. The summed E-state index contributed by atoms with van der Waals surface area (Å²) in [4.78, 5) is 16.3. The molecule has 0 unspecified atom stereocenters. The highest BCUT2D eigenvalue weighted by Crippen LogP contribution is 2.32. The number of pyridine rings is 1. The molecule has 1 aliphatic heterocycles. The van der Waals surface area contributed by atoms with Crippen molar-refractivity contribution in [2.75, 3.05) is 11.6 Å². The molecule has 24 heavy (non-hydrogen) atoms. The van der Waals surface area contributed by atoms with Gasteiger partial charge in [0.15, 0.2) is 0 Å². The van der Waals surface area contributed by atoms with E-state index in [4.69, 9.17) is 10.6 Å². The lowest BCUT2D eigenvalue weighted by Gasteiger charge is -2.16. The van der Waals surface area contributed by atoms with Crippen molar-refractivity contribution in [1.29, 1.82) is 0 Å². The number of nitrogens with one attached hydrogen (secondary N) is 1. The topological polar surface area (TPSA) is 80.5 Å². The van der Waals surface area contributed by atoms with Crippen LogP contribution in [0.1, 0.15) is 12.8 Å². The summed E-state index contributed by atoms with van der Waals surface area (Å²) in [6.07, 6.45) is 9.30. The van der Waals surface area contributed by atoms with Crippen LogP contribution >= 0.6 is 0 Å². The fourth-order valence-corrected chi connectivity index (χ4v) is 2.59. The zero-order valence-electron chi connectivity index (χ0n) is 13.1. The van der Waals surface area contributed by atoms with E-state index in [1.807, 2.05) is 42.6 Å². The molecule has 0 atom stereocenters. The number of rotatable bonds is 4. The first-order valence-corrected chi connectivity index (χ1v) is 7.97. The van der Waals surface area contributed by atoms with Crippen molar-refractivity contribution in [3.8, 4) is 5.75 Å². The average molecular weight is 322 g/mol. The first-order chi connectivity index (χ1) is 11.7. The fourth-order valence-electron chi connectivity index (χ4n) is 2.59. The van der Waals surface area contributed by atoms with E-state index in [1.165, 1.54) is 0 Å². The smallest absolute Gasteiger partial charge is 0.245 e. The summed E-state index contributed by atoms with van der Waals surface area (Å²) in [5, 5.41) is 6.14. The number of fused-ring (bicyclic) bond motifs is 1. The molecule has 2 aromatic rings. The van der Waals surface area contributed by atoms with Gasteiger partial charge >= 0.3 is 0 Å². The number of nitrogens with zero attached hydrogens (tertiary/aromatic N) is 2. The third kappa shape index (κ3) is 2.96. The highest BCUT2D eigenvalue weighted by atomic mass is 16.5. The van der Waals surface area contributed by atoms with Gasteiger partial charge in [-0.05, 0) is 42.5 Å². The van der Waals surface area contributed by atoms with Crippen molar-refractivity contribution in [3.63, 3.8) is 0 Å². The number of hydrazine groups is 1. The molecule has 0 spiro atoms. The van der Waals surface area contributed by atoms with E-state index in [2.05, 4.69) is 10.3 Å². The number of carbonyl (C=O) groups excluding carboxylic acids is 1. The monoisotopic (exact) mass is 322 g/mol. The predicted octanol–water partition coefficient (Wildman–Crippen LogP) is 2.23.